The summed E-state index contributed by atoms with van der Waals surface area (Å²) < 4.78 is 4.98. The van der Waals surface area contributed by atoms with Crippen molar-refractivity contribution >= 4 is 17.7 Å². The first kappa shape index (κ1) is 15.7. The minimum Gasteiger partial charge on any atom is -0.504 e. The molecule has 0 radical (unpaired) electrons. The molecule has 0 fully saturated rings. The van der Waals surface area contributed by atoms with E-state index in [1.54, 1.807) is 24.3 Å². The summed E-state index contributed by atoms with van der Waals surface area (Å²) in [6.07, 6.45) is 2.88. The molecule has 2 N–H and O–H groups in total. The molecule has 2 aromatic carbocycles. The Morgan fingerprint density at radius 1 is 1.29 bits per heavy atom. The van der Waals surface area contributed by atoms with E-state index in [4.69, 9.17) is 4.74 Å². The normalized spacial score (nSPS) is 15.5. The highest BCUT2D eigenvalue weighted by atomic mass is 16.5. The summed E-state index contributed by atoms with van der Waals surface area (Å²) in [6, 6.07) is 10.4. The van der Waals surface area contributed by atoms with Crippen molar-refractivity contribution in [1.29, 1.82) is 0 Å². The van der Waals surface area contributed by atoms with E-state index in [1.807, 2.05) is 19.1 Å². The summed E-state index contributed by atoms with van der Waals surface area (Å²) in [5.41, 5.74) is 1.32. The van der Waals surface area contributed by atoms with E-state index in [-0.39, 0.29) is 17.8 Å². The molecule has 1 aliphatic rings. The number of methoxy groups -OCH3 is 1. The maximum absolute atomic E-state index is 12.1. The van der Waals surface area contributed by atoms with Crippen molar-refractivity contribution < 1.29 is 14.6 Å². The van der Waals surface area contributed by atoms with Crippen LogP contribution in [-0.4, -0.2) is 24.3 Å². The van der Waals surface area contributed by atoms with Gasteiger partial charge in [0.05, 0.1) is 18.2 Å². The number of phenolic OH excluding ortho intramolecular Hbond substituents is 1. The molecule has 6 nitrogen and oxygen atoms in total. The number of nitrogens with zero attached hydrogens (tertiary/aromatic N) is 2. The number of rotatable bonds is 4. The summed E-state index contributed by atoms with van der Waals surface area (Å²) in [5, 5.41) is 14.0. The molecule has 0 aliphatic carbocycles. The summed E-state index contributed by atoms with van der Waals surface area (Å²) in [6.45, 7) is 1.89. The van der Waals surface area contributed by atoms with Crippen LogP contribution in [0, 0.1) is 0 Å². The fraction of sp³-hybridized carbons (Fsp3) is 0.167. The standard InChI is InChI=1S/C18H17N3O3/c1-11-19-13-4-3-5-14(18(13)20-11)21-17(23)9-7-12-6-8-16(24-2)15(22)10-12/h3-11,22H,1-2H3,(H,21,23). The second-order valence-corrected chi connectivity index (χ2v) is 5.32. The molecule has 0 bridgehead atoms. The molecule has 1 heterocycles. The Morgan fingerprint density at radius 2 is 2.12 bits per heavy atom. The Labute approximate surface area is 138 Å². The quantitative estimate of drug-likeness (QED) is 0.839. The molecule has 0 saturated carbocycles. The lowest BCUT2D eigenvalue weighted by molar-refractivity contribution is -0.111. The molecule has 24 heavy (non-hydrogen) atoms. The number of amides is 1. The number of para-hydroxylation sites is 1. The summed E-state index contributed by atoms with van der Waals surface area (Å²) in [4.78, 5) is 20.9. The molecule has 1 amide bonds. The van der Waals surface area contributed by atoms with Gasteiger partial charge in [-0.25, -0.2) is 0 Å². The Kier molecular flexibility index (Phi) is 4.29. The van der Waals surface area contributed by atoms with E-state index in [0.717, 1.165) is 5.36 Å². The van der Waals surface area contributed by atoms with Crippen LogP contribution in [0.2, 0.25) is 0 Å². The molecule has 2 aromatic rings. The zero-order valence-electron chi connectivity index (χ0n) is 13.4. The Hall–Kier alpha value is -3.15. The third-order valence-corrected chi connectivity index (χ3v) is 3.54. The molecule has 0 spiro atoms. The molecular formula is C18H17N3O3. The minimum absolute atomic E-state index is 0.0235. The van der Waals surface area contributed by atoms with Gasteiger partial charge in [0.15, 0.2) is 11.5 Å². The Bertz CT molecular complexity index is 935. The number of hydrogen-bond acceptors (Lipinski definition) is 5. The maximum Gasteiger partial charge on any atom is 0.248 e. The predicted molar refractivity (Wildman–Crippen MR) is 90.5 cm³/mol. The number of hydrogen-bond donors (Lipinski definition) is 2. The fourth-order valence-electron chi connectivity index (χ4n) is 2.45. The van der Waals surface area contributed by atoms with Gasteiger partial charge in [-0.1, -0.05) is 12.1 Å². The molecule has 6 heteroatoms. The number of anilines is 1. The van der Waals surface area contributed by atoms with Crippen LogP contribution in [0.4, 0.5) is 5.69 Å². The van der Waals surface area contributed by atoms with Crippen LogP contribution in [0.5, 0.6) is 11.5 Å². The number of ether oxygens (including phenoxy) is 1. The van der Waals surface area contributed by atoms with Gasteiger partial charge in [0.1, 0.15) is 11.5 Å². The lowest BCUT2D eigenvalue weighted by atomic mass is 10.2. The van der Waals surface area contributed by atoms with Crippen molar-refractivity contribution in [3.63, 3.8) is 0 Å². The lowest BCUT2D eigenvalue weighted by Gasteiger charge is -2.04. The van der Waals surface area contributed by atoms with Crippen molar-refractivity contribution in [2.75, 3.05) is 12.4 Å². The van der Waals surface area contributed by atoms with Crippen LogP contribution in [0.3, 0.4) is 0 Å². The molecule has 3 rings (SSSR count). The third-order valence-electron chi connectivity index (χ3n) is 3.54. The van der Waals surface area contributed by atoms with Crippen molar-refractivity contribution in [2.24, 2.45) is 9.98 Å². The van der Waals surface area contributed by atoms with E-state index in [9.17, 15) is 9.90 Å². The predicted octanol–water partition coefficient (Wildman–Crippen LogP) is 1.65. The Balaban J connectivity index is 1.76. The van der Waals surface area contributed by atoms with Gasteiger partial charge in [-0.05, 0) is 42.8 Å². The molecule has 1 atom stereocenters. The summed E-state index contributed by atoms with van der Waals surface area (Å²) >= 11 is 0. The fourth-order valence-corrected chi connectivity index (χ4v) is 2.45. The van der Waals surface area contributed by atoms with Crippen LogP contribution < -0.4 is 20.8 Å². The Morgan fingerprint density at radius 3 is 2.88 bits per heavy atom. The number of carbonyl (C=O) groups excluding carboxylic acids is 1. The SMILES string of the molecule is COc1ccc(C=CC(=O)Nc2cccc3c2=NC(C)N=3)cc1O. The second kappa shape index (κ2) is 6.54. The average Bonchev–Trinajstić information content (AvgIpc) is 2.94. The number of nitrogens with one attached hydrogen (secondary N) is 1. The van der Waals surface area contributed by atoms with E-state index >= 15 is 0 Å². The number of phenols is 1. The molecule has 0 aromatic heterocycles. The average molecular weight is 323 g/mol. The first-order chi connectivity index (χ1) is 11.6. The van der Waals surface area contributed by atoms with Gasteiger partial charge in [-0.15, -0.1) is 0 Å². The molecule has 0 saturated heterocycles. The van der Waals surface area contributed by atoms with Crippen molar-refractivity contribution in [1.82, 2.24) is 0 Å². The van der Waals surface area contributed by atoms with E-state index in [2.05, 4.69) is 15.3 Å². The highest BCUT2D eigenvalue weighted by molar-refractivity contribution is 6.01. The van der Waals surface area contributed by atoms with Crippen LogP contribution in [0.15, 0.2) is 52.5 Å². The van der Waals surface area contributed by atoms with Crippen LogP contribution in [0.1, 0.15) is 12.5 Å². The number of fused-ring (bicyclic) bond motifs is 1. The first-order valence-corrected chi connectivity index (χ1v) is 7.47. The van der Waals surface area contributed by atoms with Gasteiger partial charge in [0.2, 0.25) is 5.91 Å². The van der Waals surface area contributed by atoms with E-state index < -0.39 is 0 Å². The highest BCUT2D eigenvalue weighted by Gasteiger charge is 2.09. The highest BCUT2D eigenvalue weighted by Crippen LogP contribution is 2.26. The third kappa shape index (κ3) is 3.27. The van der Waals surface area contributed by atoms with Gasteiger partial charge >= 0.3 is 0 Å². The van der Waals surface area contributed by atoms with Crippen LogP contribution >= 0.6 is 0 Å². The molecule has 1 unspecified atom stereocenters. The largest absolute Gasteiger partial charge is 0.504 e. The minimum atomic E-state index is -0.284. The van der Waals surface area contributed by atoms with Crippen LogP contribution in [0.25, 0.3) is 6.08 Å². The van der Waals surface area contributed by atoms with Gasteiger partial charge in [-0.3, -0.25) is 14.8 Å². The van der Waals surface area contributed by atoms with E-state index in [0.29, 0.717) is 22.4 Å². The number of carbonyl (C=O) groups is 1. The van der Waals surface area contributed by atoms with Gasteiger partial charge in [-0.2, -0.15) is 0 Å². The molecule has 1 aliphatic heterocycles. The maximum atomic E-state index is 12.1. The summed E-state index contributed by atoms with van der Waals surface area (Å²) in [5.74, 6) is 0.125. The first-order valence-electron chi connectivity index (χ1n) is 7.47. The van der Waals surface area contributed by atoms with Crippen molar-refractivity contribution in [2.45, 2.75) is 13.1 Å². The monoisotopic (exact) mass is 323 g/mol. The number of benzene rings is 2. The van der Waals surface area contributed by atoms with Crippen molar-refractivity contribution in [3.8, 4) is 11.5 Å². The zero-order valence-corrected chi connectivity index (χ0v) is 13.4. The second-order valence-electron chi connectivity index (χ2n) is 5.32. The smallest absolute Gasteiger partial charge is 0.248 e. The molecular weight excluding hydrogens is 306 g/mol. The van der Waals surface area contributed by atoms with Crippen LogP contribution in [-0.2, 0) is 4.79 Å². The van der Waals surface area contributed by atoms with Gasteiger partial charge in [0, 0.05) is 6.08 Å². The number of aromatic hydroxyl groups is 1. The molecule has 122 valence electrons. The topological polar surface area (TPSA) is 83.3 Å². The van der Waals surface area contributed by atoms with Gasteiger partial charge in [0.25, 0.3) is 0 Å². The van der Waals surface area contributed by atoms with E-state index in [1.165, 1.54) is 19.3 Å². The zero-order chi connectivity index (χ0) is 17.1. The van der Waals surface area contributed by atoms with Gasteiger partial charge < -0.3 is 15.2 Å². The summed E-state index contributed by atoms with van der Waals surface area (Å²) in [7, 11) is 1.48. The van der Waals surface area contributed by atoms with Crippen molar-refractivity contribution in [3.05, 3.63) is 58.8 Å². The lowest BCUT2D eigenvalue weighted by Crippen LogP contribution is -2.27.